The molecule has 1 aliphatic heterocycles. The summed E-state index contributed by atoms with van der Waals surface area (Å²) in [5.41, 5.74) is 0.371. The normalized spacial score (nSPS) is 15.3. The standard InChI is InChI=1S/C29H36N4O6/c1-5-13-30-27(35)21-11-9-20(10-12-21)17-33-28(36)22-15-24(38-3)25(39-4)16-23(22)32(29(33)37)18-26(34)31-14-7-6-8-19(31)2/h9-12,15-16,19H,5-8,13-14,17-18H2,1-4H3,(H,30,35)/t19-/m1/s1. The molecule has 0 unspecified atom stereocenters. The van der Waals surface area contributed by atoms with Crippen molar-refractivity contribution in [2.24, 2.45) is 0 Å². The van der Waals surface area contributed by atoms with Crippen molar-refractivity contribution in [1.29, 1.82) is 0 Å². The van der Waals surface area contributed by atoms with Crippen molar-refractivity contribution >= 4 is 22.7 Å². The Morgan fingerprint density at radius 1 is 1.00 bits per heavy atom. The molecule has 4 rings (SSSR count). The molecule has 1 atom stereocenters. The number of hydrogen-bond donors (Lipinski definition) is 1. The molecule has 3 aromatic rings. The number of benzene rings is 2. The predicted octanol–water partition coefficient (Wildman–Crippen LogP) is 2.77. The Labute approximate surface area is 227 Å². The Hall–Kier alpha value is -4.08. The van der Waals surface area contributed by atoms with Gasteiger partial charge in [0.2, 0.25) is 5.91 Å². The fourth-order valence-corrected chi connectivity index (χ4v) is 5.02. The minimum atomic E-state index is -0.595. The van der Waals surface area contributed by atoms with Gasteiger partial charge in [-0.25, -0.2) is 4.79 Å². The molecular formula is C29H36N4O6. The smallest absolute Gasteiger partial charge is 0.332 e. The summed E-state index contributed by atoms with van der Waals surface area (Å²) in [4.78, 5) is 54.8. The number of fused-ring (bicyclic) bond motifs is 1. The van der Waals surface area contributed by atoms with Crippen LogP contribution in [0.5, 0.6) is 11.5 Å². The van der Waals surface area contributed by atoms with Gasteiger partial charge < -0.3 is 19.7 Å². The highest BCUT2D eigenvalue weighted by molar-refractivity contribution is 5.94. The average Bonchev–Trinajstić information content (AvgIpc) is 2.95. The van der Waals surface area contributed by atoms with Crippen LogP contribution >= 0.6 is 0 Å². The van der Waals surface area contributed by atoms with E-state index in [4.69, 9.17) is 9.47 Å². The number of rotatable bonds is 9. The highest BCUT2D eigenvalue weighted by Gasteiger charge is 2.25. The molecule has 0 spiro atoms. The van der Waals surface area contributed by atoms with Crippen LogP contribution in [0.25, 0.3) is 10.9 Å². The first-order valence-corrected chi connectivity index (χ1v) is 13.3. The Morgan fingerprint density at radius 3 is 2.33 bits per heavy atom. The van der Waals surface area contributed by atoms with Crippen LogP contribution < -0.4 is 26.0 Å². The van der Waals surface area contributed by atoms with Gasteiger partial charge in [-0.1, -0.05) is 19.1 Å². The summed E-state index contributed by atoms with van der Waals surface area (Å²) in [6, 6.07) is 9.96. The second-order valence-corrected chi connectivity index (χ2v) is 9.87. The third-order valence-corrected chi connectivity index (χ3v) is 7.24. The lowest BCUT2D eigenvalue weighted by Crippen LogP contribution is -2.47. The van der Waals surface area contributed by atoms with E-state index in [1.807, 2.05) is 13.8 Å². The van der Waals surface area contributed by atoms with E-state index >= 15 is 0 Å². The van der Waals surface area contributed by atoms with Crippen LogP contribution in [0.4, 0.5) is 0 Å². The quantitative estimate of drug-likeness (QED) is 0.450. The van der Waals surface area contributed by atoms with Gasteiger partial charge in [-0.15, -0.1) is 0 Å². The molecule has 0 aliphatic carbocycles. The third kappa shape index (κ3) is 5.84. The second kappa shape index (κ2) is 12.2. The van der Waals surface area contributed by atoms with Gasteiger partial charge >= 0.3 is 5.69 Å². The minimum Gasteiger partial charge on any atom is -0.493 e. The summed E-state index contributed by atoms with van der Waals surface area (Å²) >= 11 is 0. The summed E-state index contributed by atoms with van der Waals surface area (Å²) in [6.45, 7) is 4.99. The zero-order chi connectivity index (χ0) is 28.1. The fourth-order valence-electron chi connectivity index (χ4n) is 5.02. The Kier molecular flexibility index (Phi) is 8.73. The van der Waals surface area contributed by atoms with E-state index in [2.05, 4.69) is 5.32 Å². The van der Waals surface area contributed by atoms with E-state index in [1.165, 1.54) is 24.9 Å². The van der Waals surface area contributed by atoms with Gasteiger partial charge in [0.25, 0.3) is 11.5 Å². The third-order valence-electron chi connectivity index (χ3n) is 7.24. The molecule has 39 heavy (non-hydrogen) atoms. The van der Waals surface area contributed by atoms with Gasteiger partial charge in [0.15, 0.2) is 11.5 Å². The Bertz CT molecular complexity index is 1470. The van der Waals surface area contributed by atoms with Gasteiger partial charge in [0, 0.05) is 30.8 Å². The van der Waals surface area contributed by atoms with Crippen LogP contribution in [0.15, 0.2) is 46.0 Å². The van der Waals surface area contributed by atoms with E-state index in [1.54, 1.807) is 35.2 Å². The maximum atomic E-state index is 13.8. The number of aromatic nitrogens is 2. The molecule has 2 amide bonds. The van der Waals surface area contributed by atoms with Crippen LogP contribution in [0.2, 0.25) is 0 Å². The zero-order valence-electron chi connectivity index (χ0n) is 23.0. The van der Waals surface area contributed by atoms with Crippen molar-refractivity contribution in [2.45, 2.75) is 58.7 Å². The number of likely N-dealkylation sites (tertiary alicyclic amines) is 1. The predicted molar refractivity (Wildman–Crippen MR) is 149 cm³/mol. The maximum absolute atomic E-state index is 13.8. The summed E-state index contributed by atoms with van der Waals surface area (Å²) in [5, 5.41) is 3.06. The largest absolute Gasteiger partial charge is 0.493 e. The van der Waals surface area contributed by atoms with Crippen molar-refractivity contribution in [2.75, 3.05) is 27.3 Å². The highest BCUT2D eigenvalue weighted by atomic mass is 16.5. The van der Waals surface area contributed by atoms with Crippen molar-refractivity contribution in [1.82, 2.24) is 19.4 Å². The number of nitrogens with zero attached hydrogens (tertiary/aromatic N) is 3. The molecule has 0 bridgehead atoms. The number of nitrogens with one attached hydrogen (secondary N) is 1. The van der Waals surface area contributed by atoms with Crippen LogP contribution in [-0.2, 0) is 17.9 Å². The Balaban J connectivity index is 1.78. The van der Waals surface area contributed by atoms with Crippen LogP contribution in [-0.4, -0.2) is 59.2 Å². The van der Waals surface area contributed by atoms with Crippen molar-refractivity contribution < 1.29 is 19.1 Å². The minimum absolute atomic E-state index is 0.0207. The average molecular weight is 537 g/mol. The topological polar surface area (TPSA) is 112 Å². The van der Waals surface area contributed by atoms with Gasteiger partial charge in [-0.05, 0) is 56.4 Å². The van der Waals surface area contributed by atoms with E-state index < -0.39 is 11.2 Å². The first-order chi connectivity index (χ1) is 18.8. The summed E-state index contributed by atoms with van der Waals surface area (Å²) < 4.78 is 13.3. The van der Waals surface area contributed by atoms with Crippen LogP contribution in [0, 0.1) is 0 Å². The lowest BCUT2D eigenvalue weighted by molar-refractivity contribution is -0.135. The molecular weight excluding hydrogens is 500 g/mol. The van der Waals surface area contributed by atoms with Gasteiger partial charge in [-0.3, -0.25) is 23.5 Å². The van der Waals surface area contributed by atoms with Gasteiger partial charge in [-0.2, -0.15) is 0 Å². The first-order valence-electron chi connectivity index (χ1n) is 13.3. The molecule has 0 saturated carbocycles. The first kappa shape index (κ1) is 27.9. The molecule has 0 radical (unpaired) electrons. The lowest BCUT2D eigenvalue weighted by Gasteiger charge is -2.33. The van der Waals surface area contributed by atoms with Crippen molar-refractivity contribution in [3.63, 3.8) is 0 Å². The molecule has 2 heterocycles. The molecule has 2 aromatic carbocycles. The number of methoxy groups -OCH3 is 2. The maximum Gasteiger partial charge on any atom is 0.332 e. The second-order valence-electron chi connectivity index (χ2n) is 9.87. The highest BCUT2D eigenvalue weighted by Crippen LogP contribution is 2.30. The van der Waals surface area contributed by atoms with E-state index in [0.717, 1.165) is 30.3 Å². The summed E-state index contributed by atoms with van der Waals surface area (Å²) in [7, 11) is 2.94. The monoisotopic (exact) mass is 536 g/mol. The zero-order valence-corrected chi connectivity index (χ0v) is 23.0. The van der Waals surface area contributed by atoms with Gasteiger partial charge in [0.05, 0.1) is 31.7 Å². The number of carbonyl (C=O) groups is 2. The fraction of sp³-hybridized carbons (Fsp3) is 0.448. The molecule has 1 saturated heterocycles. The van der Waals surface area contributed by atoms with E-state index in [0.29, 0.717) is 41.2 Å². The lowest BCUT2D eigenvalue weighted by atomic mass is 10.0. The van der Waals surface area contributed by atoms with Crippen LogP contribution in [0.3, 0.4) is 0 Å². The number of amides is 2. The molecule has 1 fully saturated rings. The summed E-state index contributed by atoms with van der Waals surface area (Å²) in [6.07, 6.45) is 3.73. The summed E-state index contributed by atoms with van der Waals surface area (Å²) in [5.74, 6) is 0.344. The van der Waals surface area contributed by atoms with Gasteiger partial charge in [0.1, 0.15) is 6.54 Å². The molecule has 10 heteroatoms. The molecule has 1 N–H and O–H groups in total. The number of hydrogen-bond acceptors (Lipinski definition) is 6. The SMILES string of the molecule is CCCNC(=O)c1ccc(Cn2c(=O)c3cc(OC)c(OC)cc3n(CC(=O)N3CCCC[C@H]3C)c2=O)cc1. The number of ether oxygens (including phenoxy) is 2. The Morgan fingerprint density at radius 2 is 1.69 bits per heavy atom. The van der Waals surface area contributed by atoms with Crippen LogP contribution in [0.1, 0.15) is 55.5 Å². The number of piperidine rings is 1. The molecule has 208 valence electrons. The molecule has 10 nitrogen and oxygen atoms in total. The number of carbonyl (C=O) groups excluding carboxylic acids is 2. The van der Waals surface area contributed by atoms with Crippen molar-refractivity contribution in [3.05, 3.63) is 68.4 Å². The van der Waals surface area contributed by atoms with E-state index in [-0.39, 0.29) is 36.3 Å². The molecule has 1 aromatic heterocycles. The van der Waals surface area contributed by atoms with Crippen molar-refractivity contribution in [3.8, 4) is 11.5 Å². The van der Waals surface area contributed by atoms with E-state index in [9.17, 15) is 19.2 Å². The molecule has 1 aliphatic rings.